The third-order valence-electron chi connectivity index (χ3n) is 6.12. The van der Waals surface area contributed by atoms with Crippen molar-refractivity contribution in [2.45, 2.75) is 22.8 Å². The van der Waals surface area contributed by atoms with Gasteiger partial charge in [0.05, 0.1) is 16.6 Å². The van der Waals surface area contributed by atoms with E-state index in [0.717, 1.165) is 21.6 Å². The second-order valence-electron chi connectivity index (χ2n) is 8.37. The van der Waals surface area contributed by atoms with Crippen LogP contribution in [0.2, 0.25) is 0 Å². The Labute approximate surface area is 217 Å². The number of nitrogens with one attached hydrogen (secondary N) is 1. The molecule has 4 aromatic rings. The summed E-state index contributed by atoms with van der Waals surface area (Å²) in [4.78, 5) is 14.4. The number of amides is 1. The van der Waals surface area contributed by atoms with Crippen molar-refractivity contribution < 1.29 is 13.2 Å². The molecule has 0 aliphatic rings. The maximum absolute atomic E-state index is 13.2. The van der Waals surface area contributed by atoms with Gasteiger partial charge in [-0.1, -0.05) is 54.6 Å². The second-order valence-corrected chi connectivity index (χ2v) is 11.2. The Bertz CT molecular complexity index is 1440. The number of aryl methyl sites for hydroxylation is 1. The Morgan fingerprint density at radius 2 is 1.44 bits per heavy atom. The number of sulfonamides is 1. The molecule has 0 saturated carbocycles. The molecule has 0 unspecified atom stereocenters. The van der Waals surface area contributed by atoms with E-state index in [-0.39, 0.29) is 16.8 Å². The summed E-state index contributed by atoms with van der Waals surface area (Å²) in [6, 6.07) is 30.9. The Kier molecular flexibility index (Phi) is 7.82. The van der Waals surface area contributed by atoms with Gasteiger partial charge in [-0.3, -0.25) is 9.10 Å². The van der Waals surface area contributed by atoms with Crippen molar-refractivity contribution in [2.24, 2.45) is 0 Å². The van der Waals surface area contributed by atoms with Crippen LogP contribution in [0.3, 0.4) is 0 Å². The lowest BCUT2D eigenvalue weighted by molar-refractivity contribution is 0.0943. The molecular weight excluding hydrogens is 488 g/mol. The standard InChI is InChI=1S/C29H28N2O3S2/c1-21-9-7-8-12-27(21)28(22-10-5-4-6-11-22)30-29(32)23-13-15-24(16-14-23)31(2)36(33,34)26-19-17-25(35-3)18-20-26/h4-20,28H,1-3H3,(H,30,32)/t28-/m1/s1. The first-order valence-corrected chi connectivity index (χ1v) is 14.1. The molecule has 1 amide bonds. The number of nitrogens with zero attached hydrogens (tertiary/aromatic N) is 1. The van der Waals surface area contributed by atoms with E-state index < -0.39 is 10.0 Å². The summed E-state index contributed by atoms with van der Waals surface area (Å²) < 4.78 is 27.4. The largest absolute Gasteiger partial charge is 0.341 e. The van der Waals surface area contributed by atoms with E-state index in [1.165, 1.54) is 11.4 Å². The summed E-state index contributed by atoms with van der Waals surface area (Å²) in [5.41, 5.74) is 4.00. The SMILES string of the molecule is CSc1ccc(S(=O)(=O)N(C)c2ccc(C(=O)N[C@H](c3ccccc3)c3ccccc3C)cc2)cc1. The lowest BCUT2D eigenvalue weighted by Crippen LogP contribution is -2.30. The molecule has 0 radical (unpaired) electrons. The summed E-state index contributed by atoms with van der Waals surface area (Å²) in [6.45, 7) is 2.02. The van der Waals surface area contributed by atoms with Gasteiger partial charge in [-0.15, -0.1) is 11.8 Å². The van der Waals surface area contributed by atoms with Crippen molar-refractivity contribution >= 4 is 33.4 Å². The number of carbonyl (C=O) groups is 1. The van der Waals surface area contributed by atoms with Gasteiger partial charge in [0.1, 0.15) is 0 Å². The fourth-order valence-corrected chi connectivity index (χ4v) is 5.58. The van der Waals surface area contributed by atoms with Gasteiger partial charge in [0.25, 0.3) is 15.9 Å². The average molecular weight is 517 g/mol. The zero-order valence-electron chi connectivity index (χ0n) is 20.4. The molecule has 0 bridgehead atoms. The number of rotatable bonds is 8. The van der Waals surface area contributed by atoms with Crippen LogP contribution < -0.4 is 9.62 Å². The Balaban J connectivity index is 1.56. The highest BCUT2D eigenvalue weighted by molar-refractivity contribution is 7.98. The number of anilines is 1. The number of carbonyl (C=O) groups excluding carboxylic acids is 1. The highest BCUT2D eigenvalue weighted by Crippen LogP contribution is 2.27. The van der Waals surface area contributed by atoms with Crippen molar-refractivity contribution in [3.05, 3.63) is 125 Å². The van der Waals surface area contributed by atoms with Gasteiger partial charge in [0.15, 0.2) is 0 Å². The van der Waals surface area contributed by atoms with Crippen LogP contribution in [0.25, 0.3) is 0 Å². The molecule has 0 fully saturated rings. The maximum atomic E-state index is 13.2. The lowest BCUT2D eigenvalue weighted by Gasteiger charge is -2.22. The van der Waals surface area contributed by atoms with E-state index in [1.807, 2.05) is 67.8 Å². The van der Waals surface area contributed by atoms with E-state index >= 15 is 0 Å². The van der Waals surface area contributed by atoms with Gasteiger partial charge in [-0.2, -0.15) is 0 Å². The number of benzene rings is 4. The fourth-order valence-electron chi connectivity index (χ4n) is 3.98. The fraction of sp³-hybridized carbons (Fsp3) is 0.138. The minimum Gasteiger partial charge on any atom is -0.341 e. The van der Waals surface area contributed by atoms with Crippen LogP contribution in [0.5, 0.6) is 0 Å². The van der Waals surface area contributed by atoms with Crippen LogP contribution >= 0.6 is 11.8 Å². The van der Waals surface area contributed by atoms with Gasteiger partial charge >= 0.3 is 0 Å². The van der Waals surface area contributed by atoms with Crippen molar-refractivity contribution in [3.63, 3.8) is 0 Å². The molecule has 184 valence electrons. The highest BCUT2D eigenvalue weighted by atomic mass is 32.2. The summed E-state index contributed by atoms with van der Waals surface area (Å²) in [7, 11) is -2.21. The average Bonchev–Trinajstić information content (AvgIpc) is 2.92. The van der Waals surface area contributed by atoms with Crippen LogP contribution in [0.15, 0.2) is 113 Å². The molecule has 4 rings (SSSR count). The molecule has 1 N–H and O–H groups in total. The predicted octanol–water partition coefficient (Wildman–Crippen LogP) is 6.06. The smallest absolute Gasteiger partial charge is 0.264 e. The van der Waals surface area contributed by atoms with Gasteiger partial charge in [-0.05, 0) is 78.4 Å². The van der Waals surface area contributed by atoms with E-state index in [2.05, 4.69) is 5.32 Å². The molecule has 4 aromatic carbocycles. The van der Waals surface area contributed by atoms with Gasteiger partial charge in [0, 0.05) is 17.5 Å². The molecule has 36 heavy (non-hydrogen) atoms. The monoisotopic (exact) mass is 516 g/mol. The van der Waals surface area contributed by atoms with Crippen molar-refractivity contribution in [2.75, 3.05) is 17.6 Å². The second kappa shape index (κ2) is 11.0. The summed E-state index contributed by atoms with van der Waals surface area (Å²) in [6.07, 6.45) is 1.94. The number of hydrogen-bond acceptors (Lipinski definition) is 4. The summed E-state index contributed by atoms with van der Waals surface area (Å²) >= 11 is 1.55. The molecule has 7 heteroatoms. The number of thioether (sulfide) groups is 1. The van der Waals surface area contributed by atoms with Crippen molar-refractivity contribution in [1.29, 1.82) is 0 Å². The van der Waals surface area contributed by atoms with Gasteiger partial charge < -0.3 is 5.32 Å². The minimum atomic E-state index is -3.72. The van der Waals surface area contributed by atoms with Crippen LogP contribution in [-0.4, -0.2) is 27.6 Å². The molecule has 0 aliphatic carbocycles. The quantitative estimate of drug-likeness (QED) is 0.289. The minimum absolute atomic E-state index is 0.216. The zero-order valence-corrected chi connectivity index (χ0v) is 22.0. The first kappa shape index (κ1) is 25.5. The zero-order chi connectivity index (χ0) is 25.7. The Morgan fingerprint density at radius 1 is 0.833 bits per heavy atom. The molecule has 0 saturated heterocycles. The van der Waals surface area contributed by atoms with Crippen LogP contribution in [-0.2, 0) is 10.0 Å². The molecule has 0 spiro atoms. The van der Waals surface area contributed by atoms with Gasteiger partial charge in [0.2, 0.25) is 0 Å². The van der Waals surface area contributed by atoms with E-state index in [4.69, 9.17) is 0 Å². The summed E-state index contributed by atoms with van der Waals surface area (Å²) in [5, 5.41) is 3.15. The topological polar surface area (TPSA) is 66.5 Å². The van der Waals surface area contributed by atoms with Gasteiger partial charge in [-0.25, -0.2) is 8.42 Å². The predicted molar refractivity (Wildman–Crippen MR) is 147 cm³/mol. The number of hydrogen-bond donors (Lipinski definition) is 1. The first-order valence-electron chi connectivity index (χ1n) is 11.5. The van der Waals surface area contributed by atoms with E-state index in [9.17, 15) is 13.2 Å². The molecule has 1 atom stereocenters. The lowest BCUT2D eigenvalue weighted by atomic mass is 9.94. The summed E-state index contributed by atoms with van der Waals surface area (Å²) in [5.74, 6) is -0.239. The molecule has 0 heterocycles. The third-order valence-corrected chi connectivity index (χ3v) is 8.66. The first-order chi connectivity index (χ1) is 17.3. The Morgan fingerprint density at radius 3 is 2.06 bits per heavy atom. The van der Waals surface area contributed by atoms with Crippen molar-refractivity contribution in [3.8, 4) is 0 Å². The molecular formula is C29H28N2O3S2. The maximum Gasteiger partial charge on any atom is 0.264 e. The third kappa shape index (κ3) is 5.48. The highest BCUT2D eigenvalue weighted by Gasteiger charge is 2.23. The molecule has 0 aliphatic heterocycles. The normalized spacial score (nSPS) is 12.1. The van der Waals surface area contributed by atoms with E-state index in [1.54, 1.807) is 60.3 Å². The Hall–Kier alpha value is -3.55. The van der Waals surface area contributed by atoms with E-state index in [0.29, 0.717) is 11.3 Å². The van der Waals surface area contributed by atoms with Crippen LogP contribution in [0.1, 0.15) is 33.1 Å². The van der Waals surface area contributed by atoms with Crippen LogP contribution in [0, 0.1) is 6.92 Å². The van der Waals surface area contributed by atoms with Crippen molar-refractivity contribution in [1.82, 2.24) is 5.32 Å². The molecule has 0 aromatic heterocycles. The molecule has 5 nitrogen and oxygen atoms in total. The van der Waals surface area contributed by atoms with Crippen LogP contribution in [0.4, 0.5) is 5.69 Å².